The Kier molecular flexibility index (Phi) is 22.1. The largest absolute Gasteiger partial charge is 0.394 e. The zero-order valence-electron chi connectivity index (χ0n) is 18.0. The van der Waals surface area contributed by atoms with Crippen LogP contribution in [-0.2, 0) is 19.1 Å². The molecule has 0 saturated carbocycles. The second kappa shape index (κ2) is 23.1. The maximum Gasteiger partial charge on any atom is 0.220 e. The van der Waals surface area contributed by atoms with E-state index in [9.17, 15) is 9.59 Å². The van der Waals surface area contributed by atoms with Gasteiger partial charge in [-0.1, -0.05) is 44.9 Å². The normalized spacial score (nSPS) is 10.8. The summed E-state index contributed by atoms with van der Waals surface area (Å²) >= 11 is 0. The Bertz CT molecular complexity index is 348. The van der Waals surface area contributed by atoms with Crippen LogP contribution in [0.15, 0.2) is 0 Å². The number of hydrogen-bond donors (Lipinski definition) is 4. The van der Waals surface area contributed by atoms with Gasteiger partial charge in [0.1, 0.15) is 0 Å². The van der Waals surface area contributed by atoms with E-state index in [1.54, 1.807) is 0 Å². The molecule has 0 radical (unpaired) electrons. The Balaban J connectivity index is 3.21. The molecule has 0 aliphatic heterocycles. The van der Waals surface area contributed by atoms with E-state index >= 15 is 0 Å². The van der Waals surface area contributed by atoms with Crippen molar-refractivity contribution >= 4 is 11.8 Å². The van der Waals surface area contributed by atoms with Crippen molar-refractivity contribution in [1.82, 2.24) is 10.6 Å². The highest BCUT2D eigenvalue weighted by Gasteiger charge is 2.02. The molecule has 0 aromatic carbocycles. The lowest BCUT2D eigenvalue weighted by Gasteiger charge is -2.06. The molecule has 0 aromatic rings. The summed E-state index contributed by atoms with van der Waals surface area (Å²) in [6.07, 6.45) is 11.1. The quantitative estimate of drug-likeness (QED) is 0.198. The number of carbonyl (C=O) groups excluding carboxylic acids is 2. The van der Waals surface area contributed by atoms with E-state index in [0.29, 0.717) is 52.4 Å². The minimum Gasteiger partial charge on any atom is -0.394 e. The molecular formula is C21H42N2O6. The second-order valence-electron chi connectivity index (χ2n) is 7.05. The van der Waals surface area contributed by atoms with Gasteiger partial charge in [0.05, 0.1) is 39.6 Å². The first-order valence-corrected chi connectivity index (χ1v) is 11.1. The van der Waals surface area contributed by atoms with Crippen molar-refractivity contribution in [3.63, 3.8) is 0 Å². The summed E-state index contributed by atoms with van der Waals surface area (Å²) in [4.78, 5) is 23.2. The summed E-state index contributed by atoms with van der Waals surface area (Å²) in [5, 5.41) is 22.7. The average molecular weight is 419 g/mol. The molecule has 0 atom stereocenters. The fourth-order valence-electron chi connectivity index (χ4n) is 2.84. The second-order valence-corrected chi connectivity index (χ2v) is 7.05. The Morgan fingerprint density at radius 1 is 0.552 bits per heavy atom. The van der Waals surface area contributed by atoms with Gasteiger partial charge in [-0.15, -0.1) is 0 Å². The van der Waals surface area contributed by atoms with Gasteiger partial charge in [0.25, 0.3) is 0 Å². The number of ether oxygens (including phenoxy) is 2. The van der Waals surface area contributed by atoms with Crippen molar-refractivity contribution in [1.29, 1.82) is 0 Å². The minimum absolute atomic E-state index is 0.00851. The van der Waals surface area contributed by atoms with Gasteiger partial charge in [0, 0.05) is 25.9 Å². The first-order chi connectivity index (χ1) is 14.2. The number of rotatable bonds is 22. The Labute approximate surface area is 175 Å². The SMILES string of the molecule is O=C(CCCCCCCCCCCC(=O)NCCOCCO)NCCOCCO. The van der Waals surface area contributed by atoms with E-state index < -0.39 is 0 Å². The van der Waals surface area contributed by atoms with Gasteiger partial charge in [0.15, 0.2) is 0 Å². The van der Waals surface area contributed by atoms with E-state index in [2.05, 4.69) is 10.6 Å². The molecular weight excluding hydrogens is 376 g/mol. The minimum atomic E-state index is 0.00851. The van der Waals surface area contributed by atoms with Crippen molar-refractivity contribution < 1.29 is 29.3 Å². The van der Waals surface area contributed by atoms with Gasteiger partial charge >= 0.3 is 0 Å². The first kappa shape index (κ1) is 27.8. The molecule has 0 fully saturated rings. The van der Waals surface area contributed by atoms with Gasteiger partial charge in [0.2, 0.25) is 11.8 Å². The van der Waals surface area contributed by atoms with E-state index in [0.717, 1.165) is 38.5 Å². The monoisotopic (exact) mass is 418 g/mol. The van der Waals surface area contributed by atoms with E-state index in [4.69, 9.17) is 19.7 Å². The summed E-state index contributed by atoms with van der Waals surface area (Å²) in [6, 6.07) is 0. The molecule has 0 saturated heterocycles. The topological polar surface area (TPSA) is 117 Å². The first-order valence-electron chi connectivity index (χ1n) is 11.1. The van der Waals surface area contributed by atoms with Crippen LogP contribution in [0.1, 0.15) is 70.6 Å². The molecule has 0 bridgehead atoms. The smallest absolute Gasteiger partial charge is 0.220 e. The maximum absolute atomic E-state index is 11.6. The van der Waals surface area contributed by atoms with Crippen LogP contribution in [0.5, 0.6) is 0 Å². The molecule has 0 aromatic heterocycles. The highest BCUT2D eigenvalue weighted by Crippen LogP contribution is 2.11. The zero-order valence-corrected chi connectivity index (χ0v) is 18.0. The molecule has 172 valence electrons. The number of aliphatic hydroxyl groups is 2. The van der Waals surface area contributed by atoms with E-state index in [-0.39, 0.29) is 25.0 Å². The maximum atomic E-state index is 11.6. The number of aliphatic hydroxyl groups excluding tert-OH is 2. The third kappa shape index (κ3) is 22.9. The molecule has 0 aliphatic rings. The molecule has 8 heteroatoms. The predicted molar refractivity (Wildman–Crippen MR) is 113 cm³/mol. The van der Waals surface area contributed by atoms with Crippen molar-refractivity contribution in [2.45, 2.75) is 70.6 Å². The van der Waals surface area contributed by atoms with Crippen molar-refractivity contribution in [3.05, 3.63) is 0 Å². The Hall–Kier alpha value is -1.22. The fraction of sp³-hybridized carbons (Fsp3) is 0.905. The van der Waals surface area contributed by atoms with Crippen LogP contribution in [0.2, 0.25) is 0 Å². The van der Waals surface area contributed by atoms with Crippen LogP contribution in [0.25, 0.3) is 0 Å². The van der Waals surface area contributed by atoms with E-state index in [1.807, 2.05) is 0 Å². The van der Waals surface area contributed by atoms with Gasteiger partial charge in [-0.05, 0) is 12.8 Å². The third-order valence-electron chi connectivity index (χ3n) is 4.42. The van der Waals surface area contributed by atoms with Crippen LogP contribution in [-0.4, -0.2) is 74.8 Å². The number of hydrogen-bond acceptors (Lipinski definition) is 6. The van der Waals surface area contributed by atoms with Crippen LogP contribution in [0.3, 0.4) is 0 Å². The number of carbonyl (C=O) groups is 2. The van der Waals surface area contributed by atoms with Crippen molar-refractivity contribution in [2.24, 2.45) is 0 Å². The van der Waals surface area contributed by atoms with Gasteiger partial charge < -0.3 is 30.3 Å². The summed E-state index contributed by atoms with van der Waals surface area (Å²) in [6.45, 7) is 2.53. The molecule has 0 unspecified atom stereocenters. The van der Waals surface area contributed by atoms with Crippen molar-refractivity contribution in [2.75, 3.05) is 52.7 Å². The molecule has 29 heavy (non-hydrogen) atoms. The van der Waals surface area contributed by atoms with Crippen LogP contribution < -0.4 is 10.6 Å². The van der Waals surface area contributed by atoms with Crippen LogP contribution in [0.4, 0.5) is 0 Å². The number of amides is 2. The lowest BCUT2D eigenvalue weighted by molar-refractivity contribution is -0.122. The van der Waals surface area contributed by atoms with E-state index in [1.165, 1.54) is 19.3 Å². The van der Waals surface area contributed by atoms with Crippen molar-refractivity contribution in [3.8, 4) is 0 Å². The third-order valence-corrected chi connectivity index (χ3v) is 4.42. The molecule has 4 N–H and O–H groups in total. The van der Waals surface area contributed by atoms with Crippen LogP contribution >= 0.6 is 0 Å². The standard InChI is InChI=1S/C21H42N2O6/c24-14-18-28-16-12-22-20(26)10-8-6-4-2-1-3-5-7-9-11-21(27)23-13-17-29-19-15-25/h24-25H,1-19H2,(H,22,26)(H,23,27). The highest BCUT2D eigenvalue weighted by molar-refractivity contribution is 5.76. The molecule has 0 heterocycles. The molecule has 0 spiro atoms. The number of nitrogens with one attached hydrogen (secondary N) is 2. The number of unbranched alkanes of at least 4 members (excludes halogenated alkanes) is 8. The Morgan fingerprint density at radius 2 is 0.897 bits per heavy atom. The summed E-state index contributed by atoms with van der Waals surface area (Å²) in [5.41, 5.74) is 0. The van der Waals surface area contributed by atoms with Gasteiger partial charge in [-0.25, -0.2) is 0 Å². The van der Waals surface area contributed by atoms with Crippen LogP contribution in [0, 0.1) is 0 Å². The lowest BCUT2D eigenvalue weighted by Crippen LogP contribution is -2.27. The van der Waals surface area contributed by atoms with Gasteiger partial charge in [-0.3, -0.25) is 9.59 Å². The molecule has 8 nitrogen and oxygen atoms in total. The lowest BCUT2D eigenvalue weighted by atomic mass is 10.1. The molecule has 2 amide bonds. The molecule has 0 rings (SSSR count). The highest BCUT2D eigenvalue weighted by atomic mass is 16.5. The average Bonchev–Trinajstić information content (AvgIpc) is 2.71. The summed E-state index contributed by atoms with van der Waals surface area (Å²) in [7, 11) is 0. The molecule has 0 aliphatic carbocycles. The fourth-order valence-corrected chi connectivity index (χ4v) is 2.84. The summed E-state index contributed by atoms with van der Waals surface area (Å²) < 4.78 is 10.2. The summed E-state index contributed by atoms with van der Waals surface area (Å²) in [5.74, 6) is 0.138. The Morgan fingerprint density at radius 3 is 1.24 bits per heavy atom. The zero-order chi connectivity index (χ0) is 21.4. The van der Waals surface area contributed by atoms with Gasteiger partial charge in [-0.2, -0.15) is 0 Å². The predicted octanol–water partition coefficient (Wildman–Crippen LogP) is 1.53.